The highest BCUT2D eigenvalue weighted by molar-refractivity contribution is 9.10. The zero-order chi connectivity index (χ0) is 13.1. The van der Waals surface area contributed by atoms with Crippen LogP contribution in [-0.2, 0) is 0 Å². The van der Waals surface area contributed by atoms with E-state index in [9.17, 15) is 18.0 Å². The van der Waals surface area contributed by atoms with Crippen LogP contribution in [0.3, 0.4) is 0 Å². The molecule has 0 bridgehead atoms. The Labute approximate surface area is 110 Å². The molecule has 0 aliphatic rings. The van der Waals surface area contributed by atoms with Crippen LogP contribution in [0, 0.1) is 0 Å². The van der Waals surface area contributed by atoms with Gasteiger partial charge in [0.2, 0.25) is 0 Å². The smallest absolute Gasteiger partial charge is 0.294 e. The first-order chi connectivity index (χ1) is 7.81. The molecule has 0 saturated heterocycles. The van der Waals surface area contributed by atoms with Crippen LogP contribution in [0.1, 0.15) is 29.6 Å². The predicted octanol–water partition coefficient (Wildman–Crippen LogP) is 5.02. The summed E-state index contributed by atoms with van der Waals surface area (Å²) in [5.41, 5.74) is 0.253. The van der Waals surface area contributed by atoms with Gasteiger partial charge in [-0.15, -0.1) is 0 Å². The molecule has 6 heteroatoms. The third-order valence-corrected chi connectivity index (χ3v) is 3.41. The topological polar surface area (TPSA) is 17.1 Å². The molecule has 0 radical (unpaired) electrons. The number of alkyl halides is 3. The van der Waals surface area contributed by atoms with Crippen molar-refractivity contribution in [1.29, 1.82) is 0 Å². The third-order valence-electron chi connectivity index (χ3n) is 2.12. The standard InChI is InChI=1S/C11H9BrClF3O/c12-8-4-1-3-7(10(8)13)9(17)5-2-6-11(14,15)16/h1,3-4H,2,5-6H2. The Morgan fingerprint density at radius 1 is 1.35 bits per heavy atom. The molecule has 1 aromatic carbocycles. The summed E-state index contributed by atoms with van der Waals surface area (Å²) in [7, 11) is 0. The van der Waals surface area contributed by atoms with Gasteiger partial charge >= 0.3 is 6.18 Å². The summed E-state index contributed by atoms with van der Waals surface area (Å²) in [5.74, 6) is -0.374. The largest absolute Gasteiger partial charge is 0.389 e. The lowest BCUT2D eigenvalue weighted by molar-refractivity contribution is -0.135. The van der Waals surface area contributed by atoms with E-state index < -0.39 is 12.6 Å². The molecule has 0 N–H and O–H groups in total. The van der Waals surface area contributed by atoms with Crippen molar-refractivity contribution in [3.05, 3.63) is 33.3 Å². The summed E-state index contributed by atoms with van der Waals surface area (Å²) < 4.78 is 36.3. The summed E-state index contributed by atoms with van der Waals surface area (Å²) in [6.07, 6.45) is -5.55. The van der Waals surface area contributed by atoms with Gasteiger partial charge in [-0.1, -0.05) is 17.7 Å². The fourth-order valence-corrected chi connectivity index (χ4v) is 1.90. The number of ketones is 1. The first-order valence-corrected chi connectivity index (χ1v) is 6.02. The SMILES string of the molecule is O=C(CCCC(F)(F)F)c1cccc(Br)c1Cl. The van der Waals surface area contributed by atoms with Crippen LogP contribution in [0.25, 0.3) is 0 Å². The zero-order valence-corrected chi connectivity index (χ0v) is 11.0. The van der Waals surface area contributed by atoms with E-state index in [4.69, 9.17) is 11.6 Å². The van der Waals surface area contributed by atoms with Gasteiger partial charge in [-0.3, -0.25) is 4.79 Å². The van der Waals surface area contributed by atoms with Gasteiger partial charge < -0.3 is 0 Å². The van der Waals surface area contributed by atoms with Crippen LogP contribution in [0.4, 0.5) is 13.2 Å². The summed E-state index contributed by atoms with van der Waals surface area (Å²) in [4.78, 5) is 11.6. The Bertz CT molecular complexity index is 418. The lowest BCUT2D eigenvalue weighted by Crippen LogP contribution is -2.08. The molecule has 0 unspecified atom stereocenters. The number of halogens is 5. The fourth-order valence-electron chi connectivity index (χ4n) is 1.30. The highest BCUT2D eigenvalue weighted by Gasteiger charge is 2.26. The number of benzene rings is 1. The van der Waals surface area contributed by atoms with E-state index in [1.165, 1.54) is 6.07 Å². The van der Waals surface area contributed by atoms with E-state index in [1.807, 2.05) is 0 Å². The molecule has 1 nitrogen and oxygen atoms in total. The molecule has 0 aliphatic heterocycles. The number of rotatable bonds is 4. The number of carbonyl (C=O) groups excluding carboxylic acids is 1. The molecule has 0 spiro atoms. The van der Waals surface area contributed by atoms with Crippen LogP contribution in [-0.4, -0.2) is 12.0 Å². The summed E-state index contributed by atoms with van der Waals surface area (Å²) in [5, 5.41) is 0.240. The molecular weight excluding hydrogens is 320 g/mol. The Morgan fingerprint density at radius 3 is 2.59 bits per heavy atom. The Balaban J connectivity index is 2.62. The molecule has 0 saturated carbocycles. The summed E-state index contributed by atoms with van der Waals surface area (Å²) >= 11 is 9.02. The van der Waals surface area contributed by atoms with Crippen molar-refractivity contribution in [1.82, 2.24) is 0 Å². The van der Waals surface area contributed by atoms with Crippen LogP contribution >= 0.6 is 27.5 Å². The maximum Gasteiger partial charge on any atom is 0.389 e. The minimum atomic E-state index is -4.22. The predicted molar refractivity (Wildman–Crippen MR) is 63.4 cm³/mol. The van der Waals surface area contributed by atoms with Crippen molar-refractivity contribution in [2.75, 3.05) is 0 Å². The van der Waals surface area contributed by atoms with Crippen molar-refractivity contribution in [2.24, 2.45) is 0 Å². The number of carbonyl (C=O) groups is 1. The molecule has 94 valence electrons. The first-order valence-electron chi connectivity index (χ1n) is 4.85. The number of hydrogen-bond acceptors (Lipinski definition) is 1. The lowest BCUT2D eigenvalue weighted by atomic mass is 10.1. The van der Waals surface area contributed by atoms with Gasteiger partial charge in [-0.05, 0) is 34.5 Å². The van der Waals surface area contributed by atoms with E-state index in [0.717, 1.165) is 0 Å². The van der Waals surface area contributed by atoms with Gasteiger partial charge in [0.05, 0.1) is 5.02 Å². The Kier molecular flexibility index (Phi) is 5.01. The molecule has 0 heterocycles. The molecule has 1 aromatic rings. The molecular formula is C11H9BrClF3O. The fraction of sp³-hybridized carbons (Fsp3) is 0.364. The van der Waals surface area contributed by atoms with Gasteiger partial charge in [-0.2, -0.15) is 13.2 Å². The van der Waals surface area contributed by atoms with Crippen LogP contribution in [0.15, 0.2) is 22.7 Å². The van der Waals surface area contributed by atoms with Gasteiger partial charge in [-0.25, -0.2) is 0 Å². The van der Waals surface area contributed by atoms with Crippen LogP contribution < -0.4 is 0 Å². The normalized spacial score (nSPS) is 11.6. The van der Waals surface area contributed by atoms with Crippen molar-refractivity contribution in [3.63, 3.8) is 0 Å². The van der Waals surface area contributed by atoms with Crippen LogP contribution in [0.2, 0.25) is 5.02 Å². The minimum absolute atomic E-state index is 0.157. The highest BCUT2D eigenvalue weighted by Crippen LogP contribution is 2.28. The molecule has 1 rings (SSSR count). The Hall–Kier alpha value is -0.550. The van der Waals surface area contributed by atoms with E-state index in [0.29, 0.717) is 4.47 Å². The lowest BCUT2D eigenvalue weighted by Gasteiger charge is -2.07. The summed E-state index contributed by atoms with van der Waals surface area (Å²) in [6, 6.07) is 4.78. The van der Waals surface area contributed by atoms with Gasteiger partial charge in [0.25, 0.3) is 0 Å². The van der Waals surface area contributed by atoms with Crippen molar-refractivity contribution in [2.45, 2.75) is 25.4 Å². The molecule has 0 aromatic heterocycles. The van der Waals surface area contributed by atoms with Crippen molar-refractivity contribution in [3.8, 4) is 0 Å². The van der Waals surface area contributed by atoms with E-state index >= 15 is 0 Å². The maximum atomic E-state index is 11.9. The van der Waals surface area contributed by atoms with Crippen molar-refractivity contribution < 1.29 is 18.0 Å². The van der Waals surface area contributed by atoms with E-state index in [-0.39, 0.29) is 29.2 Å². The second-order valence-corrected chi connectivity index (χ2v) is 4.73. The first kappa shape index (κ1) is 14.5. The molecule has 17 heavy (non-hydrogen) atoms. The zero-order valence-electron chi connectivity index (χ0n) is 8.65. The second kappa shape index (κ2) is 5.87. The minimum Gasteiger partial charge on any atom is -0.294 e. The average molecular weight is 330 g/mol. The van der Waals surface area contributed by atoms with Gasteiger partial charge in [0, 0.05) is 22.9 Å². The number of hydrogen-bond donors (Lipinski definition) is 0. The quantitative estimate of drug-likeness (QED) is 0.709. The molecule has 0 atom stereocenters. The number of Topliss-reactive ketones (excluding diaryl/α,β-unsaturated/α-hetero) is 1. The van der Waals surface area contributed by atoms with Crippen LogP contribution in [0.5, 0.6) is 0 Å². The molecule has 0 fully saturated rings. The van der Waals surface area contributed by atoms with Crippen molar-refractivity contribution >= 4 is 33.3 Å². The maximum absolute atomic E-state index is 11.9. The molecule has 0 amide bonds. The van der Waals surface area contributed by atoms with E-state index in [1.54, 1.807) is 12.1 Å². The van der Waals surface area contributed by atoms with Gasteiger partial charge in [0.1, 0.15) is 0 Å². The average Bonchev–Trinajstić information content (AvgIpc) is 2.20. The monoisotopic (exact) mass is 328 g/mol. The second-order valence-electron chi connectivity index (χ2n) is 3.49. The third kappa shape index (κ3) is 4.68. The molecule has 0 aliphatic carbocycles. The summed E-state index contributed by atoms with van der Waals surface area (Å²) in [6.45, 7) is 0. The highest BCUT2D eigenvalue weighted by atomic mass is 79.9. The van der Waals surface area contributed by atoms with E-state index in [2.05, 4.69) is 15.9 Å². The Morgan fingerprint density at radius 2 is 2.00 bits per heavy atom. The van der Waals surface area contributed by atoms with Gasteiger partial charge in [0.15, 0.2) is 5.78 Å².